The second-order valence-electron chi connectivity index (χ2n) is 4.10. The van der Waals surface area contributed by atoms with E-state index in [2.05, 4.69) is 10.2 Å². The molecule has 0 spiro atoms. The van der Waals surface area contributed by atoms with Gasteiger partial charge < -0.3 is 9.64 Å². The lowest BCUT2D eigenvalue weighted by molar-refractivity contribution is 0.0505. The fourth-order valence-electron chi connectivity index (χ4n) is 1.81. The molecule has 0 unspecified atom stereocenters. The minimum Gasteiger partial charge on any atom is -0.462 e. The van der Waals surface area contributed by atoms with E-state index in [0.29, 0.717) is 12.2 Å². The smallest absolute Gasteiger partial charge is 0.338 e. The highest BCUT2D eigenvalue weighted by Crippen LogP contribution is 2.16. The summed E-state index contributed by atoms with van der Waals surface area (Å²) < 4.78 is 5.08. The minimum absolute atomic E-state index is 0.238. The molecule has 0 radical (unpaired) electrons. The number of rotatable bonds is 4. The van der Waals surface area contributed by atoms with Crippen molar-refractivity contribution in [1.82, 2.24) is 5.32 Å². The Morgan fingerprint density at radius 1 is 1.41 bits per heavy atom. The number of hydrogen-bond donors (Lipinski definition) is 1. The quantitative estimate of drug-likeness (QED) is 0.804. The van der Waals surface area contributed by atoms with Gasteiger partial charge in [0.15, 0.2) is 0 Å². The molecule has 1 N–H and O–H groups in total. The number of nitrogens with one attached hydrogen (secondary N) is 1. The molecule has 1 aliphatic rings. The number of carbonyl (C=O) groups excluding carboxylic acids is 1. The molecule has 1 aliphatic heterocycles. The molecule has 2 rings (SSSR count). The third kappa shape index (κ3) is 2.97. The molecule has 1 fully saturated rings. The third-order valence-electron chi connectivity index (χ3n) is 2.77. The monoisotopic (exact) mass is 234 g/mol. The average Bonchev–Trinajstić information content (AvgIpc) is 2.90. The highest BCUT2D eigenvalue weighted by molar-refractivity contribution is 5.89. The van der Waals surface area contributed by atoms with Crippen molar-refractivity contribution in [2.75, 3.05) is 31.3 Å². The fourth-order valence-corrected chi connectivity index (χ4v) is 1.81. The van der Waals surface area contributed by atoms with Gasteiger partial charge in [0.1, 0.15) is 0 Å². The zero-order chi connectivity index (χ0) is 12.1. The summed E-state index contributed by atoms with van der Waals surface area (Å²) in [6.45, 7) is 5.37. The molecule has 1 heterocycles. The van der Waals surface area contributed by atoms with Gasteiger partial charge in [-0.15, -0.1) is 0 Å². The number of anilines is 1. The lowest BCUT2D eigenvalue weighted by Crippen LogP contribution is -2.20. The van der Waals surface area contributed by atoms with E-state index in [0.717, 1.165) is 31.9 Å². The number of benzene rings is 1. The van der Waals surface area contributed by atoms with Gasteiger partial charge in [-0.25, -0.2) is 4.79 Å². The number of ether oxygens (including phenoxy) is 1. The molecule has 92 valence electrons. The fraction of sp³-hybridized carbons (Fsp3) is 0.462. The van der Waals surface area contributed by atoms with Gasteiger partial charge in [-0.05, 0) is 30.7 Å². The Hall–Kier alpha value is -1.55. The van der Waals surface area contributed by atoms with E-state index >= 15 is 0 Å². The number of hydrogen-bond acceptors (Lipinski definition) is 4. The van der Waals surface area contributed by atoms with Gasteiger partial charge in [-0.1, -0.05) is 6.92 Å². The first-order valence-electron chi connectivity index (χ1n) is 6.04. The average molecular weight is 234 g/mol. The van der Waals surface area contributed by atoms with Gasteiger partial charge in [0, 0.05) is 18.8 Å². The molecule has 4 nitrogen and oxygen atoms in total. The summed E-state index contributed by atoms with van der Waals surface area (Å²) in [5.41, 5.74) is 1.76. The first-order chi connectivity index (χ1) is 8.31. The molecule has 17 heavy (non-hydrogen) atoms. The standard InChI is InChI=1S/C13H18N2O2/c1-2-9-17-13(16)11-3-5-12(6-4-11)15-8-7-14-10-15/h3-6,14H,2,7-10H2,1H3. The molecule has 4 heteroatoms. The van der Waals surface area contributed by atoms with Crippen LogP contribution in [0, 0.1) is 0 Å². The second kappa shape index (κ2) is 5.68. The molecular weight excluding hydrogens is 216 g/mol. The van der Waals surface area contributed by atoms with Gasteiger partial charge in [-0.3, -0.25) is 5.32 Å². The van der Waals surface area contributed by atoms with Gasteiger partial charge >= 0.3 is 5.97 Å². The van der Waals surface area contributed by atoms with Crippen molar-refractivity contribution in [2.24, 2.45) is 0 Å². The zero-order valence-corrected chi connectivity index (χ0v) is 10.1. The number of carbonyl (C=O) groups is 1. The predicted molar refractivity (Wildman–Crippen MR) is 67.2 cm³/mol. The Bertz CT molecular complexity index is 370. The van der Waals surface area contributed by atoms with Crippen LogP contribution in [-0.4, -0.2) is 32.3 Å². The molecule has 1 aromatic rings. The van der Waals surface area contributed by atoms with Crippen molar-refractivity contribution in [3.63, 3.8) is 0 Å². The SMILES string of the molecule is CCCOC(=O)c1ccc(N2CCNC2)cc1. The van der Waals surface area contributed by atoms with E-state index in [1.165, 1.54) is 0 Å². The van der Waals surface area contributed by atoms with Gasteiger partial charge in [0.25, 0.3) is 0 Å². The van der Waals surface area contributed by atoms with Crippen LogP contribution < -0.4 is 10.2 Å². The van der Waals surface area contributed by atoms with Crippen LogP contribution >= 0.6 is 0 Å². The first kappa shape index (κ1) is 11.9. The molecule has 0 bridgehead atoms. The van der Waals surface area contributed by atoms with E-state index in [9.17, 15) is 4.79 Å². The molecular formula is C13H18N2O2. The van der Waals surface area contributed by atoms with Crippen molar-refractivity contribution < 1.29 is 9.53 Å². The molecule has 0 aliphatic carbocycles. The molecule has 0 atom stereocenters. The topological polar surface area (TPSA) is 41.6 Å². The molecule has 1 aromatic carbocycles. The summed E-state index contributed by atoms with van der Waals surface area (Å²) in [7, 11) is 0. The number of nitrogens with zero attached hydrogens (tertiary/aromatic N) is 1. The van der Waals surface area contributed by atoms with Crippen LogP contribution in [0.15, 0.2) is 24.3 Å². The number of esters is 1. The summed E-state index contributed by atoms with van der Waals surface area (Å²) in [6.07, 6.45) is 0.850. The van der Waals surface area contributed by atoms with Crippen molar-refractivity contribution in [1.29, 1.82) is 0 Å². The van der Waals surface area contributed by atoms with Crippen molar-refractivity contribution in [3.8, 4) is 0 Å². The summed E-state index contributed by atoms with van der Waals surface area (Å²) >= 11 is 0. The normalized spacial score (nSPS) is 15.0. The van der Waals surface area contributed by atoms with E-state index in [1.807, 2.05) is 31.2 Å². The van der Waals surface area contributed by atoms with Gasteiger partial charge in [0.05, 0.1) is 18.8 Å². The predicted octanol–water partition coefficient (Wildman–Crippen LogP) is 1.62. The Morgan fingerprint density at radius 2 is 2.18 bits per heavy atom. The highest BCUT2D eigenvalue weighted by atomic mass is 16.5. The maximum absolute atomic E-state index is 11.6. The largest absolute Gasteiger partial charge is 0.462 e. The summed E-state index contributed by atoms with van der Waals surface area (Å²) in [4.78, 5) is 13.8. The van der Waals surface area contributed by atoms with Crippen LogP contribution in [0.5, 0.6) is 0 Å². The zero-order valence-electron chi connectivity index (χ0n) is 10.1. The van der Waals surface area contributed by atoms with Crippen LogP contribution in [0.4, 0.5) is 5.69 Å². The summed E-state index contributed by atoms with van der Waals surface area (Å²) in [5, 5.41) is 3.27. The van der Waals surface area contributed by atoms with E-state index in [1.54, 1.807) is 0 Å². The maximum atomic E-state index is 11.6. The lowest BCUT2D eigenvalue weighted by Gasteiger charge is -2.16. The Balaban J connectivity index is 1.99. The molecule has 0 amide bonds. The highest BCUT2D eigenvalue weighted by Gasteiger charge is 2.12. The molecule has 1 saturated heterocycles. The van der Waals surface area contributed by atoms with Crippen molar-refractivity contribution in [2.45, 2.75) is 13.3 Å². The Kier molecular flexibility index (Phi) is 3.98. The molecule has 0 aromatic heterocycles. The summed E-state index contributed by atoms with van der Waals surface area (Å²) in [5.74, 6) is -0.238. The van der Waals surface area contributed by atoms with E-state index in [-0.39, 0.29) is 5.97 Å². The Morgan fingerprint density at radius 3 is 2.76 bits per heavy atom. The third-order valence-corrected chi connectivity index (χ3v) is 2.77. The minimum atomic E-state index is -0.238. The van der Waals surface area contributed by atoms with E-state index in [4.69, 9.17) is 4.74 Å². The Labute approximate surface area is 102 Å². The van der Waals surface area contributed by atoms with Crippen LogP contribution in [0.1, 0.15) is 23.7 Å². The van der Waals surface area contributed by atoms with Crippen molar-refractivity contribution in [3.05, 3.63) is 29.8 Å². The summed E-state index contributed by atoms with van der Waals surface area (Å²) in [6, 6.07) is 7.59. The van der Waals surface area contributed by atoms with E-state index < -0.39 is 0 Å². The second-order valence-corrected chi connectivity index (χ2v) is 4.10. The van der Waals surface area contributed by atoms with Crippen molar-refractivity contribution >= 4 is 11.7 Å². The van der Waals surface area contributed by atoms with Crippen LogP contribution in [0.25, 0.3) is 0 Å². The van der Waals surface area contributed by atoms with Crippen LogP contribution in [0.2, 0.25) is 0 Å². The van der Waals surface area contributed by atoms with Gasteiger partial charge in [-0.2, -0.15) is 0 Å². The first-order valence-corrected chi connectivity index (χ1v) is 6.04. The lowest BCUT2D eigenvalue weighted by atomic mass is 10.2. The van der Waals surface area contributed by atoms with Crippen LogP contribution in [-0.2, 0) is 4.74 Å². The van der Waals surface area contributed by atoms with Crippen LogP contribution in [0.3, 0.4) is 0 Å². The molecule has 0 saturated carbocycles. The van der Waals surface area contributed by atoms with Gasteiger partial charge in [0.2, 0.25) is 0 Å². The maximum Gasteiger partial charge on any atom is 0.338 e.